The fourth-order valence-electron chi connectivity index (χ4n) is 2.06. The number of anilines is 1. The SMILES string of the molecule is CNCCCC(=O)Nc1ccc(OC2CCOC2)cc1. The smallest absolute Gasteiger partial charge is 0.224 e. The van der Waals surface area contributed by atoms with Crippen molar-refractivity contribution in [3.05, 3.63) is 24.3 Å². The van der Waals surface area contributed by atoms with Crippen molar-refractivity contribution >= 4 is 11.6 Å². The monoisotopic (exact) mass is 278 g/mol. The third-order valence-electron chi connectivity index (χ3n) is 3.16. The first kappa shape index (κ1) is 14.8. The maximum absolute atomic E-state index is 11.7. The molecule has 110 valence electrons. The molecule has 0 bridgehead atoms. The number of amides is 1. The zero-order valence-corrected chi connectivity index (χ0v) is 11.9. The van der Waals surface area contributed by atoms with Gasteiger partial charge in [-0.3, -0.25) is 4.79 Å². The van der Waals surface area contributed by atoms with Crippen molar-refractivity contribution in [2.75, 3.05) is 32.1 Å². The molecule has 1 aliphatic heterocycles. The molecule has 1 fully saturated rings. The van der Waals surface area contributed by atoms with Crippen molar-refractivity contribution in [3.63, 3.8) is 0 Å². The Balaban J connectivity index is 1.77. The lowest BCUT2D eigenvalue weighted by Gasteiger charge is -2.12. The van der Waals surface area contributed by atoms with Gasteiger partial charge in [-0.1, -0.05) is 0 Å². The molecule has 5 nitrogen and oxygen atoms in total. The zero-order chi connectivity index (χ0) is 14.2. The van der Waals surface area contributed by atoms with Gasteiger partial charge in [0.05, 0.1) is 13.2 Å². The highest BCUT2D eigenvalue weighted by molar-refractivity contribution is 5.90. The van der Waals surface area contributed by atoms with Gasteiger partial charge in [-0.15, -0.1) is 0 Å². The van der Waals surface area contributed by atoms with Gasteiger partial charge in [0.1, 0.15) is 11.9 Å². The van der Waals surface area contributed by atoms with Gasteiger partial charge < -0.3 is 20.1 Å². The topological polar surface area (TPSA) is 59.6 Å². The Kier molecular flexibility index (Phi) is 5.83. The van der Waals surface area contributed by atoms with E-state index < -0.39 is 0 Å². The number of rotatable bonds is 7. The second-order valence-electron chi connectivity index (χ2n) is 4.88. The summed E-state index contributed by atoms with van der Waals surface area (Å²) in [5, 5.41) is 5.90. The summed E-state index contributed by atoms with van der Waals surface area (Å²) < 4.78 is 11.0. The Morgan fingerprint density at radius 3 is 2.85 bits per heavy atom. The number of hydrogen-bond acceptors (Lipinski definition) is 4. The highest BCUT2D eigenvalue weighted by Gasteiger charge is 2.16. The molecule has 1 aromatic carbocycles. The van der Waals surface area contributed by atoms with E-state index in [9.17, 15) is 4.79 Å². The second-order valence-corrected chi connectivity index (χ2v) is 4.88. The van der Waals surface area contributed by atoms with Crippen molar-refractivity contribution in [2.24, 2.45) is 0 Å². The van der Waals surface area contributed by atoms with E-state index >= 15 is 0 Å². The molecule has 1 aromatic rings. The summed E-state index contributed by atoms with van der Waals surface area (Å²) in [7, 11) is 1.88. The van der Waals surface area contributed by atoms with Crippen LogP contribution >= 0.6 is 0 Å². The van der Waals surface area contributed by atoms with Gasteiger partial charge in [-0.25, -0.2) is 0 Å². The zero-order valence-electron chi connectivity index (χ0n) is 11.9. The number of ether oxygens (including phenoxy) is 2. The molecule has 0 aliphatic carbocycles. The van der Waals surface area contributed by atoms with E-state index in [1.807, 2.05) is 31.3 Å². The Bertz CT molecular complexity index is 414. The predicted octanol–water partition coefficient (Wildman–Crippen LogP) is 1.79. The number of hydrogen-bond donors (Lipinski definition) is 2. The molecule has 0 spiro atoms. The van der Waals surface area contributed by atoms with Crippen molar-refractivity contribution in [2.45, 2.75) is 25.4 Å². The highest BCUT2D eigenvalue weighted by atomic mass is 16.5. The molecule has 2 rings (SSSR count). The van der Waals surface area contributed by atoms with Crippen LogP contribution in [-0.4, -0.2) is 38.8 Å². The maximum atomic E-state index is 11.7. The van der Waals surface area contributed by atoms with Crippen molar-refractivity contribution in [3.8, 4) is 5.75 Å². The fraction of sp³-hybridized carbons (Fsp3) is 0.533. The normalized spacial score (nSPS) is 17.9. The van der Waals surface area contributed by atoms with E-state index in [1.165, 1.54) is 0 Å². The number of benzene rings is 1. The minimum absolute atomic E-state index is 0.0399. The lowest BCUT2D eigenvalue weighted by atomic mass is 10.2. The van der Waals surface area contributed by atoms with E-state index in [0.29, 0.717) is 13.0 Å². The number of carbonyl (C=O) groups excluding carboxylic acids is 1. The molecule has 20 heavy (non-hydrogen) atoms. The van der Waals surface area contributed by atoms with E-state index in [0.717, 1.165) is 37.4 Å². The van der Waals surface area contributed by atoms with Crippen molar-refractivity contribution in [1.82, 2.24) is 5.32 Å². The minimum Gasteiger partial charge on any atom is -0.488 e. The molecular formula is C15H22N2O3. The van der Waals surface area contributed by atoms with Crippen LogP contribution in [-0.2, 0) is 9.53 Å². The summed E-state index contributed by atoms with van der Waals surface area (Å²) in [5.41, 5.74) is 0.800. The van der Waals surface area contributed by atoms with Crippen LogP contribution < -0.4 is 15.4 Å². The molecule has 1 saturated heterocycles. The maximum Gasteiger partial charge on any atom is 0.224 e. The second kappa shape index (κ2) is 7.87. The van der Waals surface area contributed by atoms with Crippen LogP contribution in [0.4, 0.5) is 5.69 Å². The summed E-state index contributed by atoms with van der Waals surface area (Å²) in [6.07, 6.45) is 2.45. The summed E-state index contributed by atoms with van der Waals surface area (Å²) >= 11 is 0. The van der Waals surface area contributed by atoms with E-state index in [2.05, 4.69) is 10.6 Å². The van der Waals surface area contributed by atoms with Gasteiger partial charge in [0, 0.05) is 18.5 Å². The Labute approximate surface area is 119 Å². The van der Waals surface area contributed by atoms with Crippen LogP contribution in [0.25, 0.3) is 0 Å². The predicted molar refractivity (Wildman–Crippen MR) is 78.1 cm³/mol. The molecule has 1 heterocycles. The minimum atomic E-state index is 0.0399. The Morgan fingerprint density at radius 2 is 2.20 bits per heavy atom. The standard InChI is InChI=1S/C15H22N2O3/c1-16-9-2-3-15(18)17-12-4-6-13(7-5-12)20-14-8-10-19-11-14/h4-7,14,16H,2-3,8-11H2,1H3,(H,17,18). The van der Waals surface area contributed by atoms with E-state index in [-0.39, 0.29) is 12.0 Å². The third kappa shape index (κ3) is 4.83. The molecule has 0 radical (unpaired) electrons. The highest BCUT2D eigenvalue weighted by Crippen LogP contribution is 2.19. The van der Waals surface area contributed by atoms with Crippen LogP contribution in [0.15, 0.2) is 24.3 Å². The number of carbonyl (C=O) groups is 1. The third-order valence-corrected chi connectivity index (χ3v) is 3.16. The summed E-state index contributed by atoms with van der Waals surface area (Å²) in [6, 6.07) is 7.48. The lowest BCUT2D eigenvalue weighted by Crippen LogP contribution is -2.16. The summed E-state index contributed by atoms with van der Waals surface area (Å²) in [4.78, 5) is 11.7. The van der Waals surface area contributed by atoms with Crippen LogP contribution in [0.3, 0.4) is 0 Å². The van der Waals surface area contributed by atoms with E-state index in [1.54, 1.807) is 0 Å². The Hall–Kier alpha value is -1.59. The van der Waals surface area contributed by atoms with Crippen LogP contribution in [0.5, 0.6) is 5.75 Å². The van der Waals surface area contributed by atoms with Crippen molar-refractivity contribution in [1.29, 1.82) is 0 Å². The molecule has 5 heteroatoms. The molecule has 1 atom stereocenters. The molecule has 2 N–H and O–H groups in total. The summed E-state index contributed by atoms with van der Waals surface area (Å²) in [6.45, 7) is 2.28. The van der Waals surface area contributed by atoms with Gasteiger partial charge in [0.2, 0.25) is 5.91 Å². The first-order chi connectivity index (χ1) is 9.78. The first-order valence-corrected chi connectivity index (χ1v) is 7.07. The first-order valence-electron chi connectivity index (χ1n) is 7.07. The van der Waals surface area contributed by atoms with Gasteiger partial charge in [-0.2, -0.15) is 0 Å². The molecule has 1 aliphatic rings. The number of nitrogens with one attached hydrogen (secondary N) is 2. The fourth-order valence-corrected chi connectivity index (χ4v) is 2.06. The average molecular weight is 278 g/mol. The molecule has 0 aromatic heterocycles. The molecule has 1 amide bonds. The molecule has 1 unspecified atom stereocenters. The van der Waals surface area contributed by atoms with Crippen LogP contribution in [0.1, 0.15) is 19.3 Å². The Morgan fingerprint density at radius 1 is 1.40 bits per heavy atom. The average Bonchev–Trinajstić information content (AvgIpc) is 2.94. The summed E-state index contributed by atoms with van der Waals surface area (Å²) in [5.74, 6) is 0.854. The van der Waals surface area contributed by atoms with Crippen LogP contribution in [0, 0.1) is 0 Å². The quantitative estimate of drug-likeness (QED) is 0.747. The van der Waals surface area contributed by atoms with Gasteiger partial charge in [0.25, 0.3) is 0 Å². The molecular weight excluding hydrogens is 256 g/mol. The van der Waals surface area contributed by atoms with Crippen molar-refractivity contribution < 1.29 is 14.3 Å². The van der Waals surface area contributed by atoms with Gasteiger partial charge in [0.15, 0.2) is 0 Å². The largest absolute Gasteiger partial charge is 0.488 e. The van der Waals surface area contributed by atoms with E-state index in [4.69, 9.17) is 9.47 Å². The lowest BCUT2D eigenvalue weighted by molar-refractivity contribution is -0.116. The van der Waals surface area contributed by atoms with Crippen LogP contribution in [0.2, 0.25) is 0 Å². The molecule has 0 saturated carbocycles. The van der Waals surface area contributed by atoms with Gasteiger partial charge >= 0.3 is 0 Å². The van der Waals surface area contributed by atoms with Gasteiger partial charge in [-0.05, 0) is 44.3 Å².